The summed E-state index contributed by atoms with van der Waals surface area (Å²) in [7, 11) is 1.60. The molecule has 0 radical (unpaired) electrons. The average molecular weight is 447 g/mol. The van der Waals surface area contributed by atoms with Gasteiger partial charge in [-0.25, -0.2) is 0 Å². The molecule has 3 aromatic rings. The molecule has 6 heteroatoms. The van der Waals surface area contributed by atoms with E-state index in [1.165, 1.54) is 4.90 Å². The molecule has 0 aliphatic carbocycles. The Bertz CT molecular complexity index is 1010. The van der Waals surface area contributed by atoms with Crippen molar-refractivity contribution in [2.45, 2.75) is 19.4 Å². The second-order valence-corrected chi connectivity index (χ2v) is 7.72. The quantitative estimate of drug-likeness (QED) is 0.393. The summed E-state index contributed by atoms with van der Waals surface area (Å²) in [6.45, 7) is 4.91. The minimum Gasteiger partial charge on any atom is -0.497 e. The fourth-order valence-corrected chi connectivity index (χ4v) is 3.49. The first-order valence-electron chi connectivity index (χ1n) is 10.9. The number of amides is 2. The van der Waals surface area contributed by atoms with Crippen molar-refractivity contribution in [3.05, 3.63) is 103 Å². The molecular weight excluding hydrogens is 416 g/mol. The second-order valence-electron chi connectivity index (χ2n) is 7.72. The Labute approximate surface area is 195 Å². The highest BCUT2D eigenvalue weighted by molar-refractivity contribution is 5.86. The molecule has 3 rings (SSSR count). The van der Waals surface area contributed by atoms with Gasteiger partial charge in [-0.2, -0.15) is 0 Å². The predicted molar refractivity (Wildman–Crippen MR) is 128 cm³/mol. The first-order chi connectivity index (χ1) is 16.1. The Balaban J connectivity index is 1.67. The van der Waals surface area contributed by atoms with Crippen molar-refractivity contribution in [2.24, 2.45) is 0 Å². The van der Waals surface area contributed by atoms with Crippen LogP contribution in [0.4, 0.5) is 0 Å². The summed E-state index contributed by atoms with van der Waals surface area (Å²) in [4.78, 5) is 29.5. The van der Waals surface area contributed by atoms with Gasteiger partial charge in [0.2, 0.25) is 11.8 Å². The number of hydrogen-bond acceptors (Lipinski definition) is 4. The molecule has 33 heavy (non-hydrogen) atoms. The Morgan fingerprint density at radius 1 is 0.939 bits per heavy atom. The Hall–Kier alpha value is -3.80. The van der Waals surface area contributed by atoms with E-state index in [1.54, 1.807) is 30.4 Å². The zero-order valence-electron chi connectivity index (χ0n) is 19.0. The second kappa shape index (κ2) is 12.3. The maximum Gasteiger partial charge on any atom is 0.242 e. The molecule has 0 spiro atoms. The molecule has 1 aromatic heterocycles. The molecule has 0 saturated carbocycles. The smallest absolute Gasteiger partial charge is 0.242 e. The van der Waals surface area contributed by atoms with Gasteiger partial charge in [0.1, 0.15) is 18.1 Å². The lowest BCUT2D eigenvalue weighted by atomic mass is 10.1. The van der Waals surface area contributed by atoms with Crippen LogP contribution in [-0.2, 0) is 29.0 Å². The predicted octanol–water partition coefficient (Wildman–Crippen LogP) is 4.12. The number of carbonyl (C=O) groups is 2. The highest BCUT2D eigenvalue weighted by atomic mass is 16.5. The van der Waals surface area contributed by atoms with Gasteiger partial charge in [-0.15, -0.1) is 6.58 Å². The summed E-state index contributed by atoms with van der Waals surface area (Å²) in [6.07, 6.45) is 4.15. The molecule has 172 valence electrons. The topological polar surface area (TPSA) is 63.0 Å². The lowest BCUT2D eigenvalue weighted by Gasteiger charge is -2.27. The summed E-state index contributed by atoms with van der Waals surface area (Å²) in [5.74, 6) is 1.18. The molecule has 0 bridgehead atoms. The van der Waals surface area contributed by atoms with Gasteiger partial charge in [-0.1, -0.05) is 48.5 Å². The normalized spacial score (nSPS) is 10.5. The van der Waals surface area contributed by atoms with E-state index in [4.69, 9.17) is 9.15 Å². The number of ether oxygens (including phenoxy) is 1. The molecule has 0 aliphatic rings. The van der Waals surface area contributed by atoms with Crippen LogP contribution >= 0.6 is 0 Å². The first kappa shape index (κ1) is 23.9. The van der Waals surface area contributed by atoms with Gasteiger partial charge in [-0.05, 0) is 41.8 Å². The molecule has 0 aliphatic heterocycles. The maximum absolute atomic E-state index is 13.3. The van der Waals surface area contributed by atoms with E-state index in [1.807, 2.05) is 60.7 Å². The molecule has 0 fully saturated rings. The number of methoxy groups -OCH3 is 1. The van der Waals surface area contributed by atoms with Crippen molar-refractivity contribution < 1.29 is 18.7 Å². The third-order valence-corrected chi connectivity index (χ3v) is 5.34. The molecule has 2 aromatic carbocycles. The van der Waals surface area contributed by atoms with E-state index >= 15 is 0 Å². The number of nitrogens with zero attached hydrogens (tertiary/aromatic N) is 2. The summed E-state index contributed by atoms with van der Waals surface area (Å²) >= 11 is 0. The van der Waals surface area contributed by atoms with Crippen LogP contribution in [0.2, 0.25) is 0 Å². The number of hydrogen-bond donors (Lipinski definition) is 0. The fraction of sp³-hybridized carbons (Fsp3) is 0.259. The zero-order valence-corrected chi connectivity index (χ0v) is 19.0. The SMILES string of the molecule is C=CCN(CC(=O)N(CCc1ccccc1)Cc1ccco1)C(=O)Cc1ccc(OC)cc1. The largest absolute Gasteiger partial charge is 0.497 e. The maximum atomic E-state index is 13.3. The molecule has 0 atom stereocenters. The van der Waals surface area contributed by atoms with Gasteiger partial charge in [-0.3, -0.25) is 9.59 Å². The van der Waals surface area contributed by atoms with Crippen LogP contribution in [0, 0.1) is 0 Å². The summed E-state index contributed by atoms with van der Waals surface area (Å²) < 4.78 is 10.6. The van der Waals surface area contributed by atoms with Gasteiger partial charge < -0.3 is 19.0 Å². The van der Waals surface area contributed by atoms with E-state index in [-0.39, 0.29) is 24.8 Å². The van der Waals surface area contributed by atoms with Crippen molar-refractivity contribution in [3.8, 4) is 5.75 Å². The van der Waals surface area contributed by atoms with Crippen LogP contribution in [0.3, 0.4) is 0 Å². The van der Waals surface area contributed by atoms with Crippen LogP contribution in [0.5, 0.6) is 5.75 Å². The minimum atomic E-state index is -0.132. The first-order valence-corrected chi connectivity index (χ1v) is 10.9. The van der Waals surface area contributed by atoms with E-state index in [0.29, 0.717) is 31.8 Å². The monoisotopic (exact) mass is 446 g/mol. The van der Waals surface area contributed by atoms with E-state index in [2.05, 4.69) is 6.58 Å². The number of benzene rings is 2. The van der Waals surface area contributed by atoms with E-state index < -0.39 is 0 Å². The lowest BCUT2D eigenvalue weighted by molar-refractivity contribution is -0.140. The van der Waals surface area contributed by atoms with Crippen LogP contribution in [0.1, 0.15) is 16.9 Å². The van der Waals surface area contributed by atoms with Crippen molar-refractivity contribution in [2.75, 3.05) is 26.7 Å². The van der Waals surface area contributed by atoms with Crippen LogP contribution in [-0.4, -0.2) is 48.4 Å². The average Bonchev–Trinajstić information content (AvgIpc) is 3.35. The summed E-state index contributed by atoms with van der Waals surface area (Å²) in [5.41, 5.74) is 2.01. The third kappa shape index (κ3) is 7.38. The minimum absolute atomic E-state index is 0.0174. The van der Waals surface area contributed by atoms with Crippen molar-refractivity contribution in [3.63, 3.8) is 0 Å². The molecule has 6 nitrogen and oxygen atoms in total. The van der Waals surface area contributed by atoms with E-state index in [9.17, 15) is 9.59 Å². The van der Waals surface area contributed by atoms with Crippen LogP contribution < -0.4 is 4.74 Å². The number of rotatable bonds is 12. The molecular formula is C27H30N2O4. The van der Waals surface area contributed by atoms with Crippen LogP contribution in [0.25, 0.3) is 0 Å². The highest BCUT2D eigenvalue weighted by Gasteiger charge is 2.21. The molecule has 2 amide bonds. The lowest BCUT2D eigenvalue weighted by Crippen LogP contribution is -2.43. The van der Waals surface area contributed by atoms with Gasteiger partial charge in [0.05, 0.1) is 26.3 Å². The van der Waals surface area contributed by atoms with Gasteiger partial charge >= 0.3 is 0 Å². The summed E-state index contributed by atoms with van der Waals surface area (Å²) in [6, 6.07) is 21.0. The molecule has 0 N–H and O–H groups in total. The Morgan fingerprint density at radius 2 is 1.70 bits per heavy atom. The van der Waals surface area contributed by atoms with Crippen molar-refractivity contribution >= 4 is 11.8 Å². The fourth-order valence-electron chi connectivity index (χ4n) is 3.49. The van der Waals surface area contributed by atoms with Gasteiger partial charge in [0, 0.05) is 13.1 Å². The zero-order chi connectivity index (χ0) is 23.5. The highest BCUT2D eigenvalue weighted by Crippen LogP contribution is 2.13. The third-order valence-electron chi connectivity index (χ3n) is 5.34. The van der Waals surface area contributed by atoms with Gasteiger partial charge in [0.25, 0.3) is 0 Å². The number of furan rings is 1. The molecule has 1 heterocycles. The van der Waals surface area contributed by atoms with Crippen molar-refractivity contribution in [1.29, 1.82) is 0 Å². The summed E-state index contributed by atoms with van der Waals surface area (Å²) in [5, 5.41) is 0. The van der Waals surface area contributed by atoms with Crippen molar-refractivity contribution in [1.82, 2.24) is 9.80 Å². The standard InChI is InChI=1S/C27H30N2O4/c1-3-16-28(26(30)19-23-11-13-24(32-2)14-12-23)21-27(31)29(20-25-10-7-18-33-25)17-15-22-8-5-4-6-9-22/h3-14,18H,1,15-17,19-21H2,2H3. The number of carbonyl (C=O) groups excluding carboxylic acids is 2. The van der Waals surface area contributed by atoms with Crippen LogP contribution in [0.15, 0.2) is 90.1 Å². The van der Waals surface area contributed by atoms with E-state index in [0.717, 1.165) is 16.9 Å². The Kier molecular flexibility index (Phi) is 8.88. The Morgan fingerprint density at radius 3 is 2.33 bits per heavy atom. The van der Waals surface area contributed by atoms with Gasteiger partial charge in [0.15, 0.2) is 0 Å². The molecule has 0 saturated heterocycles. The molecule has 0 unspecified atom stereocenters.